The van der Waals surface area contributed by atoms with Crippen LogP contribution in [0.1, 0.15) is 42.1 Å². The number of hydrogen-bond donors (Lipinski definition) is 1. The van der Waals surface area contributed by atoms with Crippen molar-refractivity contribution in [2.75, 3.05) is 0 Å². The second-order valence-corrected chi connectivity index (χ2v) is 7.35. The summed E-state index contributed by atoms with van der Waals surface area (Å²) in [5.74, 6) is -0.203. The van der Waals surface area contributed by atoms with Crippen LogP contribution in [0.3, 0.4) is 0 Å². The minimum Gasteiger partial charge on any atom is -0.309 e. The molecule has 0 unspecified atom stereocenters. The Bertz CT molecular complexity index is 842. The number of amidine groups is 1. The first-order valence-corrected chi connectivity index (χ1v) is 9.63. The summed E-state index contributed by atoms with van der Waals surface area (Å²) in [6, 6.07) is 15.1. The van der Waals surface area contributed by atoms with Gasteiger partial charge >= 0.3 is 0 Å². The number of nitrogens with one attached hydrogen (secondary N) is 1. The zero-order chi connectivity index (χ0) is 18.3. The average Bonchev–Trinajstić information content (AvgIpc) is 2.60. The Balaban J connectivity index is 2.27. The Morgan fingerprint density at radius 2 is 1.68 bits per heavy atom. The van der Waals surface area contributed by atoms with Crippen molar-refractivity contribution >= 4 is 21.8 Å². The van der Waals surface area contributed by atoms with E-state index in [0.29, 0.717) is 12.0 Å². The third-order valence-electron chi connectivity index (χ3n) is 3.61. The van der Waals surface area contributed by atoms with Crippen LogP contribution in [0.25, 0.3) is 0 Å². The number of benzene rings is 2. The molecule has 0 heterocycles. The number of carbonyl (C=O) groups excluding carboxylic acids is 1. The fraction of sp³-hybridized carbons (Fsp3) is 0.263. The minimum absolute atomic E-state index is 0.112. The summed E-state index contributed by atoms with van der Waals surface area (Å²) >= 11 is 0. The van der Waals surface area contributed by atoms with Crippen LogP contribution in [0.15, 0.2) is 63.9 Å². The molecular formula is C19H22N2O3S. The maximum absolute atomic E-state index is 12.5. The van der Waals surface area contributed by atoms with E-state index < -0.39 is 10.0 Å². The number of unbranched alkanes of at least 4 members (excludes halogenated alkanes) is 1. The Morgan fingerprint density at radius 3 is 2.28 bits per heavy atom. The highest BCUT2D eigenvalue weighted by atomic mass is 32.2. The SMILES string of the molecule is CCCC/C(=N\S(=O)(=O)c1ccc(C)cc1)NC(=O)c1ccccc1. The minimum atomic E-state index is -3.86. The van der Waals surface area contributed by atoms with Crippen LogP contribution in [0.5, 0.6) is 0 Å². The molecule has 2 rings (SSSR count). The molecule has 1 amide bonds. The topological polar surface area (TPSA) is 75.6 Å². The molecule has 0 spiro atoms. The molecule has 2 aromatic rings. The van der Waals surface area contributed by atoms with Gasteiger partial charge in [-0.1, -0.05) is 49.2 Å². The highest BCUT2D eigenvalue weighted by Gasteiger charge is 2.16. The van der Waals surface area contributed by atoms with Crippen molar-refractivity contribution in [3.63, 3.8) is 0 Å². The Morgan fingerprint density at radius 1 is 1.04 bits per heavy atom. The molecule has 0 saturated carbocycles. The molecule has 0 aliphatic heterocycles. The number of sulfonamides is 1. The van der Waals surface area contributed by atoms with Gasteiger partial charge in [0.25, 0.3) is 15.9 Å². The van der Waals surface area contributed by atoms with E-state index in [9.17, 15) is 13.2 Å². The van der Waals surface area contributed by atoms with Gasteiger partial charge in [-0.25, -0.2) is 0 Å². The summed E-state index contributed by atoms with van der Waals surface area (Å²) in [6.07, 6.45) is 1.99. The fourth-order valence-electron chi connectivity index (χ4n) is 2.18. The summed E-state index contributed by atoms with van der Waals surface area (Å²) in [4.78, 5) is 12.4. The normalized spacial score (nSPS) is 12.0. The molecule has 0 aliphatic carbocycles. The zero-order valence-electron chi connectivity index (χ0n) is 14.4. The third-order valence-corrected chi connectivity index (χ3v) is 4.94. The Labute approximate surface area is 148 Å². The molecule has 0 saturated heterocycles. The van der Waals surface area contributed by atoms with E-state index in [1.54, 1.807) is 36.4 Å². The van der Waals surface area contributed by atoms with Crippen molar-refractivity contribution in [2.24, 2.45) is 4.40 Å². The molecular weight excluding hydrogens is 336 g/mol. The van der Waals surface area contributed by atoms with E-state index in [2.05, 4.69) is 9.71 Å². The predicted molar refractivity (Wildman–Crippen MR) is 99.2 cm³/mol. The van der Waals surface area contributed by atoms with Crippen molar-refractivity contribution in [3.8, 4) is 0 Å². The molecule has 0 bridgehead atoms. The monoisotopic (exact) mass is 358 g/mol. The Kier molecular flexibility index (Phi) is 6.47. The molecule has 0 aromatic heterocycles. The predicted octanol–water partition coefficient (Wildman–Crippen LogP) is 3.70. The lowest BCUT2D eigenvalue weighted by atomic mass is 10.2. The number of amides is 1. The number of hydrogen-bond acceptors (Lipinski definition) is 3. The summed E-state index contributed by atoms with van der Waals surface area (Å²) in [5, 5.41) is 2.64. The molecule has 0 fully saturated rings. The van der Waals surface area contributed by atoms with Gasteiger partial charge < -0.3 is 5.32 Å². The zero-order valence-corrected chi connectivity index (χ0v) is 15.2. The highest BCUT2D eigenvalue weighted by molar-refractivity contribution is 7.90. The summed E-state index contributed by atoms with van der Waals surface area (Å²) < 4.78 is 28.9. The van der Waals surface area contributed by atoms with Crippen molar-refractivity contribution in [3.05, 3.63) is 65.7 Å². The molecule has 5 nitrogen and oxygen atoms in total. The van der Waals surface area contributed by atoms with Crippen LogP contribution in [-0.2, 0) is 10.0 Å². The number of nitrogens with zero attached hydrogens (tertiary/aromatic N) is 1. The maximum Gasteiger partial charge on any atom is 0.283 e. The van der Waals surface area contributed by atoms with Crippen LogP contribution >= 0.6 is 0 Å². The summed E-state index contributed by atoms with van der Waals surface area (Å²) in [5.41, 5.74) is 1.42. The van der Waals surface area contributed by atoms with Crippen LogP contribution in [-0.4, -0.2) is 20.2 Å². The van der Waals surface area contributed by atoms with Crippen molar-refractivity contribution < 1.29 is 13.2 Å². The fourth-order valence-corrected chi connectivity index (χ4v) is 3.19. The van der Waals surface area contributed by atoms with E-state index in [1.807, 2.05) is 19.9 Å². The van der Waals surface area contributed by atoms with E-state index in [1.165, 1.54) is 12.1 Å². The Hall–Kier alpha value is -2.47. The smallest absolute Gasteiger partial charge is 0.283 e. The lowest BCUT2D eigenvalue weighted by molar-refractivity contribution is 0.0976. The number of aryl methyl sites for hydroxylation is 1. The second-order valence-electron chi connectivity index (χ2n) is 5.75. The van der Waals surface area contributed by atoms with Gasteiger partial charge in [0, 0.05) is 12.0 Å². The molecule has 132 valence electrons. The maximum atomic E-state index is 12.5. The van der Waals surface area contributed by atoms with Crippen molar-refractivity contribution in [1.29, 1.82) is 0 Å². The van der Waals surface area contributed by atoms with Crippen LogP contribution in [0.2, 0.25) is 0 Å². The lowest BCUT2D eigenvalue weighted by Gasteiger charge is -2.09. The quantitative estimate of drug-likeness (QED) is 0.632. The third kappa shape index (κ3) is 5.53. The number of rotatable bonds is 6. The first kappa shape index (κ1) is 18.9. The summed E-state index contributed by atoms with van der Waals surface area (Å²) in [7, 11) is -3.86. The van der Waals surface area contributed by atoms with Crippen molar-refractivity contribution in [2.45, 2.75) is 38.0 Å². The molecule has 0 radical (unpaired) electrons. The molecule has 25 heavy (non-hydrogen) atoms. The first-order valence-electron chi connectivity index (χ1n) is 8.19. The van der Waals surface area contributed by atoms with Gasteiger partial charge in [-0.05, 0) is 37.6 Å². The molecule has 6 heteroatoms. The van der Waals surface area contributed by atoms with Gasteiger partial charge in [-0.2, -0.15) is 8.42 Å². The van der Waals surface area contributed by atoms with E-state index >= 15 is 0 Å². The van der Waals surface area contributed by atoms with Gasteiger partial charge in [0.2, 0.25) is 0 Å². The largest absolute Gasteiger partial charge is 0.309 e. The highest BCUT2D eigenvalue weighted by Crippen LogP contribution is 2.14. The standard InChI is InChI=1S/C19H22N2O3S/c1-3-4-10-18(20-19(22)16-8-6-5-7-9-16)21-25(23,24)17-13-11-15(2)12-14-17/h5-9,11-14H,3-4,10H2,1-2H3,(H,20,21,22). The van der Waals surface area contributed by atoms with Gasteiger partial charge in [-0.15, -0.1) is 4.40 Å². The van der Waals surface area contributed by atoms with Crippen LogP contribution in [0.4, 0.5) is 0 Å². The first-order chi connectivity index (χ1) is 11.9. The molecule has 0 aliphatic rings. The van der Waals surface area contributed by atoms with E-state index in [4.69, 9.17) is 0 Å². The van der Waals surface area contributed by atoms with Crippen LogP contribution in [0, 0.1) is 6.92 Å². The molecule has 0 atom stereocenters. The van der Waals surface area contributed by atoms with Crippen LogP contribution < -0.4 is 5.32 Å². The van der Waals surface area contributed by atoms with Gasteiger partial charge in [0.15, 0.2) is 0 Å². The second kappa shape index (κ2) is 8.58. The molecule has 2 aromatic carbocycles. The lowest BCUT2D eigenvalue weighted by Crippen LogP contribution is -2.31. The van der Waals surface area contributed by atoms with E-state index in [-0.39, 0.29) is 16.6 Å². The van der Waals surface area contributed by atoms with Gasteiger partial charge in [0.1, 0.15) is 5.84 Å². The van der Waals surface area contributed by atoms with E-state index in [0.717, 1.165) is 18.4 Å². The number of carbonyl (C=O) groups is 1. The molecule has 1 N–H and O–H groups in total. The average molecular weight is 358 g/mol. The van der Waals surface area contributed by atoms with Gasteiger partial charge in [-0.3, -0.25) is 4.79 Å². The van der Waals surface area contributed by atoms with Crippen molar-refractivity contribution in [1.82, 2.24) is 5.32 Å². The summed E-state index contributed by atoms with van der Waals surface area (Å²) in [6.45, 7) is 3.87. The van der Waals surface area contributed by atoms with Gasteiger partial charge in [0.05, 0.1) is 4.90 Å².